The molecule has 3 aliphatic rings. The minimum Gasteiger partial charge on any atom is -0.480 e. The molecule has 3 aliphatic heterocycles. The fourth-order valence-electron chi connectivity index (χ4n) is 6.80. The molecule has 0 bridgehead atoms. The third-order valence-corrected chi connectivity index (χ3v) is 9.23. The van der Waals surface area contributed by atoms with Crippen LogP contribution in [-0.4, -0.2) is 66.6 Å². The van der Waals surface area contributed by atoms with Gasteiger partial charge in [-0.3, -0.25) is 4.79 Å². The average Bonchev–Trinajstić information content (AvgIpc) is 3.71. The second kappa shape index (κ2) is 14.0. The first-order valence-electron chi connectivity index (χ1n) is 16.3. The number of fused-ring (bicyclic) bond motifs is 1. The summed E-state index contributed by atoms with van der Waals surface area (Å²) in [4.78, 5) is 31.4. The summed E-state index contributed by atoms with van der Waals surface area (Å²) in [5.41, 5.74) is -1.24. The highest BCUT2D eigenvalue weighted by molar-refractivity contribution is 6.34. The summed E-state index contributed by atoms with van der Waals surface area (Å²) >= 11 is 6.64. The van der Waals surface area contributed by atoms with E-state index in [1.54, 1.807) is 25.7 Å². The van der Waals surface area contributed by atoms with Gasteiger partial charge in [0.2, 0.25) is 0 Å². The van der Waals surface area contributed by atoms with E-state index in [1.807, 2.05) is 30.3 Å². The van der Waals surface area contributed by atoms with Crippen molar-refractivity contribution < 1.29 is 42.1 Å². The predicted octanol–water partition coefficient (Wildman–Crippen LogP) is 7.64. The molecular weight excluding hydrogens is 646 g/mol. The zero-order valence-electron chi connectivity index (χ0n) is 27.2. The van der Waals surface area contributed by atoms with E-state index in [1.165, 1.54) is 12.3 Å². The second-order valence-electron chi connectivity index (χ2n) is 13.2. The molecule has 48 heavy (non-hydrogen) atoms. The number of carbonyl (C=O) groups is 2. The van der Waals surface area contributed by atoms with Crippen molar-refractivity contribution in [2.24, 2.45) is 0 Å². The maximum Gasteiger partial charge on any atom is 0.410 e. The number of carbonyl (C=O) groups excluding carboxylic acids is 2. The van der Waals surface area contributed by atoms with E-state index in [2.05, 4.69) is 4.98 Å². The molecule has 12 heteroatoms. The number of rotatable bonds is 9. The molecule has 0 unspecified atom stereocenters. The molecule has 2 fully saturated rings. The van der Waals surface area contributed by atoms with Crippen LogP contribution < -0.4 is 9.47 Å². The van der Waals surface area contributed by atoms with Crippen LogP contribution in [0.4, 0.5) is 13.6 Å². The molecule has 256 valence electrons. The van der Waals surface area contributed by atoms with Crippen molar-refractivity contribution in [2.75, 3.05) is 26.4 Å². The molecule has 3 aromatic rings. The van der Waals surface area contributed by atoms with Crippen LogP contribution in [0.3, 0.4) is 0 Å². The van der Waals surface area contributed by atoms with Crippen LogP contribution in [0, 0.1) is 11.6 Å². The minimum absolute atomic E-state index is 0.0370. The van der Waals surface area contributed by atoms with E-state index < -0.39 is 40.9 Å². The van der Waals surface area contributed by atoms with Crippen LogP contribution in [0.15, 0.2) is 42.6 Å². The largest absolute Gasteiger partial charge is 0.480 e. The van der Waals surface area contributed by atoms with Gasteiger partial charge in [-0.1, -0.05) is 41.9 Å². The molecule has 2 saturated heterocycles. The van der Waals surface area contributed by atoms with Gasteiger partial charge < -0.3 is 28.6 Å². The Morgan fingerprint density at radius 1 is 1.12 bits per heavy atom. The highest BCUT2D eigenvalue weighted by Gasteiger charge is 2.54. The monoisotopic (exact) mass is 684 g/mol. The molecule has 0 radical (unpaired) electrons. The Labute approximate surface area is 283 Å². The van der Waals surface area contributed by atoms with Gasteiger partial charge in [0.1, 0.15) is 23.8 Å². The molecule has 6 rings (SSSR count). The summed E-state index contributed by atoms with van der Waals surface area (Å²) in [6.07, 6.45) is 4.85. The van der Waals surface area contributed by atoms with Crippen LogP contribution in [-0.2, 0) is 26.2 Å². The normalized spacial score (nSPS) is 22.2. The zero-order chi connectivity index (χ0) is 34.1. The Balaban J connectivity index is 1.39. The lowest BCUT2D eigenvalue weighted by atomic mass is 9.80. The molecule has 0 spiro atoms. The van der Waals surface area contributed by atoms with Crippen LogP contribution in [0.25, 0.3) is 11.1 Å². The molecular formula is C36H39ClF2N2O7. The predicted molar refractivity (Wildman–Crippen MR) is 173 cm³/mol. The standard InChI is InChI=1S/C36H39ClF2N2O7/c1-35(2,3)48-34(43)41-14-9-12-27(41)36(23-10-5-4-6-11-23)19-24-26(47-36)18-25(38)31(37)30(24)29-22(21-42)20-40-33(32(29)39)46-17-16-45-28-13-7-8-15-44-28/h4-6,10-11,18,20-21,27-28H,7-9,12-17,19H2,1-3H3/t27-,28-,36-/m0/s1. The van der Waals surface area contributed by atoms with Gasteiger partial charge in [-0.15, -0.1) is 0 Å². The molecule has 4 heterocycles. The van der Waals surface area contributed by atoms with E-state index in [-0.39, 0.29) is 53.4 Å². The van der Waals surface area contributed by atoms with Gasteiger partial charge in [0.15, 0.2) is 24.0 Å². The number of hydrogen-bond acceptors (Lipinski definition) is 8. The number of halogens is 3. The average molecular weight is 685 g/mol. The maximum atomic E-state index is 16.4. The summed E-state index contributed by atoms with van der Waals surface area (Å²) < 4.78 is 61.4. The lowest BCUT2D eigenvalue weighted by Crippen LogP contribution is -2.53. The molecule has 2 aromatic carbocycles. The number of amides is 1. The van der Waals surface area contributed by atoms with E-state index in [0.717, 1.165) is 24.8 Å². The number of hydrogen-bond donors (Lipinski definition) is 0. The summed E-state index contributed by atoms with van der Waals surface area (Å²) in [6.45, 7) is 6.52. The second-order valence-corrected chi connectivity index (χ2v) is 13.6. The number of benzene rings is 2. The number of nitrogens with zero attached hydrogens (tertiary/aromatic N) is 2. The smallest absolute Gasteiger partial charge is 0.410 e. The molecule has 0 aliphatic carbocycles. The van der Waals surface area contributed by atoms with Gasteiger partial charge in [0.05, 0.1) is 17.7 Å². The van der Waals surface area contributed by atoms with Crippen molar-refractivity contribution in [2.45, 2.75) is 82.8 Å². The summed E-state index contributed by atoms with van der Waals surface area (Å²) in [7, 11) is 0. The number of likely N-dealkylation sites (tertiary alicyclic amines) is 1. The summed E-state index contributed by atoms with van der Waals surface area (Å²) in [5, 5.41) is -0.381. The van der Waals surface area contributed by atoms with Crippen molar-refractivity contribution in [1.82, 2.24) is 9.88 Å². The Morgan fingerprint density at radius 2 is 1.92 bits per heavy atom. The van der Waals surface area contributed by atoms with Crippen molar-refractivity contribution in [3.05, 3.63) is 75.9 Å². The van der Waals surface area contributed by atoms with Crippen LogP contribution in [0.2, 0.25) is 5.02 Å². The van der Waals surface area contributed by atoms with Crippen molar-refractivity contribution >= 4 is 24.0 Å². The Morgan fingerprint density at radius 3 is 2.62 bits per heavy atom. The van der Waals surface area contributed by atoms with Crippen LogP contribution >= 0.6 is 11.6 Å². The SMILES string of the molecule is CC(C)(C)OC(=O)N1CCC[C@H]1[C@@]1(c2ccccc2)Cc2c(cc(F)c(Cl)c2-c2c(C=O)cnc(OCCO[C@H]3CCCCO3)c2F)O1. The fraction of sp³-hybridized carbons (Fsp3) is 0.472. The number of ether oxygens (including phenoxy) is 5. The quantitative estimate of drug-likeness (QED) is 0.168. The molecule has 1 amide bonds. The van der Waals surface area contributed by atoms with Gasteiger partial charge in [-0.2, -0.15) is 0 Å². The van der Waals surface area contributed by atoms with Crippen molar-refractivity contribution in [3.63, 3.8) is 0 Å². The number of aldehydes is 1. The molecule has 3 atom stereocenters. The lowest BCUT2D eigenvalue weighted by molar-refractivity contribution is -0.165. The third-order valence-electron chi connectivity index (χ3n) is 8.86. The maximum absolute atomic E-state index is 16.4. The van der Waals surface area contributed by atoms with Crippen LogP contribution in [0.5, 0.6) is 11.6 Å². The first kappa shape index (κ1) is 34.1. The molecule has 0 N–H and O–H groups in total. The van der Waals surface area contributed by atoms with Gasteiger partial charge in [-0.25, -0.2) is 18.6 Å². The van der Waals surface area contributed by atoms with E-state index in [9.17, 15) is 9.59 Å². The Bertz CT molecular complexity index is 1660. The summed E-state index contributed by atoms with van der Waals surface area (Å²) in [6, 6.07) is 9.98. The van der Waals surface area contributed by atoms with E-state index >= 15 is 8.78 Å². The van der Waals surface area contributed by atoms with Gasteiger partial charge in [0, 0.05) is 54.1 Å². The topological polar surface area (TPSA) is 96.4 Å². The number of pyridine rings is 1. The van der Waals surface area contributed by atoms with E-state index in [4.69, 9.17) is 35.3 Å². The first-order valence-corrected chi connectivity index (χ1v) is 16.7. The Hall–Kier alpha value is -3.80. The van der Waals surface area contributed by atoms with Crippen LogP contribution in [0.1, 0.15) is 74.4 Å². The van der Waals surface area contributed by atoms with Gasteiger partial charge in [-0.05, 0) is 58.4 Å². The lowest BCUT2D eigenvalue weighted by Gasteiger charge is -2.40. The minimum atomic E-state index is -1.20. The highest BCUT2D eigenvalue weighted by Crippen LogP contribution is 2.53. The molecule has 1 aromatic heterocycles. The van der Waals surface area contributed by atoms with Gasteiger partial charge in [0.25, 0.3) is 5.88 Å². The Kier molecular flexibility index (Phi) is 9.92. The molecule has 0 saturated carbocycles. The highest BCUT2D eigenvalue weighted by atomic mass is 35.5. The molecule has 9 nitrogen and oxygen atoms in total. The van der Waals surface area contributed by atoms with Gasteiger partial charge >= 0.3 is 6.09 Å². The fourth-order valence-corrected chi connectivity index (χ4v) is 7.06. The summed E-state index contributed by atoms with van der Waals surface area (Å²) in [5.74, 6) is -2.10. The first-order chi connectivity index (χ1) is 23.0. The van der Waals surface area contributed by atoms with Crippen molar-refractivity contribution in [3.8, 4) is 22.8 Å². The number of aromatic nitrogens is 1. The van der Waals surface area contributed by atoms with Crippen molar-refractivity contribution in [1.29, 1.82) is 0 Å². The third kappa shape index (κ3) is 6.73. The zero-order valence-corrected chi connectivity index (χ0v) is 28.0. The van der Waals surface area contributed by atoms with E-state index in [0.29, 0.717) is 37.8 Å².